The summed E-state index contributed by atoms with van der Waals surface area (Å²) >= 11 is 0. The van der Waals surface area contributed by atoms with Crippen LogP contribution >= 0.6 is 0 Å². The number of carbonyl (C=O) groups excluding carboxylic acids is 1. The number of hydrogen-bond donors (Lipinski definition) is 1. The van der Waals surface area contributed by atoms with Crippen molar-refractivity contribution in [3.8, 4) is 0 Å². The normalized spacial score (nSPS) is 10.4. The lowest BCUT2D eigenvalue weighted by atomic mass is 9.98. The van der Waals surface area contributed by atoms with Crippen LogP contribution in [0.15, 0.2) is 12.1 Å². The van der Waals surface area contributed by atoms with Crippen molar-refractivity contribution in [2.45, 2.75) is 33.7 Å². The highest BCUT2D eigenvalue weighted by molar-refractivity contribution is 5.76. The molecule has 3 nitrogen and oxygen atoms in total. The number of carbonyl (C=O) groups is 1. The van der Waals surface area contributed by atoms with Crippen molar-refractivity contribution in [3.05, 3.63) is 34.4 Å². The van der Waals surface area contributed by atoms with Gasteiger partial charge in [0.2, 0.25) is 5.91 Å². The minimum absolute atomic E-state index is 0.0230. The minimum Gasteiger partial charge on any atom is -0.396 e. The van der Waals surface area contributed by atoms with Gasteiger partial charge in [-0.15, -0.1) is 0 Å². The molecular formula is C14H21NO2. The van der Waals surface area contributed by atoms with E-state index < -0.39 is 0 Å². The average molecular weight is 235 g/mol. The van der Waals surface area contributed by atoms with Gasteiger partial charge in [-0.05, 0) is 43.0 Å². The molecule has 1 rings (SSSR count). The van der Waals surface area contributed by atoms with Gasteiger partial charge in [0.05, 0.1) is 6.61 Å². The Balaban J connectivity index is 2.82. The smallest absolute Gasteiger partial charge is 0.224 e. The molecule has 1 aromatic carbocycles. The largest absolute Gasteiger partial charge is 0.396 e. The van der Waals surface area contributed by atoms with Crippen molar-refractivity contribution in [1.82, 2.24) is 4.90 Å². The molecule has 0 radical (unpaired) electrons. The molecule has 1 aromatic rings. The number of rotatable bonds is 4. The molecule has 0 bridgehead atoms. The summed E-state index contributed by atoms with van der Waals surface area (Å²) in [5, 5.41) is 8.74. The molecule has 3 heteroatoms. The van der Waals surface area contributed by atoms with E-state index in [2.05, 4.69) is 32.9 Å². The zero-order valence-electron chi connectivity index (χ0n) is 11.1. The van der Waals surface area contributed by atoms with E-state index in [9.17, 15) is 4.79 Å². The number of hydrogen-bond acceptors (Lipinski definition) is 2. The summed E-state index contributed by atoms with van der Waals surface area (Å²) in [7, 11) is 1.77. The van der Waals surface area contributed by atoms with Crippen LogP contribution in [-0.4, -0.2) is 29.6 Å². The number of aliphatic hydroxyl groups excluding tert-OH is 1. The maximum Gasteiger partial charge on any atom is 0.224 e. The van der Waals surface area contributed by atoms with E-state index in [1.807, 2.05) is 0 Å². The Morgan fingerprint density at radius 1 is 1.24 bits per heavy atom. The molecule has 0 heterocycles. The molecule has 1 amide bonds. The topological polar surface area (TPSA) is 40.5 Å². The third-order valence-corrected chi connectivity index (χ3v) is 3.33. The molecule has 0 aliphatic carbocycles. The fraction of sp³-hybridized carbons (Fsp3) is 0.500. The summed E-state index contributed by atoms with van der Waals surface area (Å²) in [5.74, 6) is -0.0230. The van der Waals surface area contributed by atoms with Gasteiger partial charge in [-0.1, -0.05) is 12.1 Å². The molecule has 0 atom stereocenters. The predicted molar refractivity (Wildman–Crippen MR) is 68.8 cm³/mol. The summed E-state index contributed by atoms with van der Waals surface area (Å²) in [5.41, 5.74) is 4.97. The van der Waals surface area contributed by atoms with Gasteiger partial charge >= 0.3 is 0 Å². The predicted octanol–water partition coefficient (Wildman–Crippen LogP) is 1.95. The fourth-order valence-corrected chi connectivity index (χ4v) is 1.81. The van der Waals surface area contributed by atoms with Crippen molar-refractivity contribution in [2.24, 2.45) is 0 Å². The number of nitrogens with zero attached hydrogens (tertiary/aromatic N) is 1. The van der Waals surface area contributed by atoms with E-state index in [0.717, 1.165) is 0 Å². The molecule has 0 fully saturated rings. The van der Waals surface area contributed by atoms with Crippen molar-refractivity contribution < 1.29 is 9.90 Å². The molecule has 0 aliphatic heterocycles. The van der Waals surface area contributed by atoms with E-state index in [0.29, 0.717) is 6.54 Å². The van der Waals surface area contributed by atoms with Crippen LogP contribution in [0.1, 0.15) is 28.7 Å². The van der Waals surface area contributed by atoms with Crippen LogP contribution < -0.4 is 0 Å². The van der Waals surface area contributed by atoms with Crippen molar-refractivity contribution in [1.29, 1.82) is 0 Å². The van der Waals surface area contributed by atoms with Crippen LogP contribution in [0.4, 0.5) is 0 Å². The van der Waals surface area contributed by atoms with Crippen LogP contribution in [0.25, 0.3) is 0 Å². The zero-order valence-corrected chi connectivity index (χ0v) is 11.1. The molecular weight excluding hydrogens is 214 g/mol. The van der Waals surface area contributed by atoms with Crippen molar-refractivity contribution >= 4 is 5.91 Å². The van der Waals surface area contributed by atoms with E-state index >= 15 is 0 Å². The van der Waals surface area contributed by atoms with Gasteiger partial charge in [-0.2, -0.15) is 0 Å². The van der Waals surface area contributed by atoms with E-state index in [1.165, 1.54) is 22.3 Å². The fourth-order valence-electron chi connectivity index (χ4n) is 1.81. The first kappa shape index (κ1) is 13.7. The van der Waals surface area contributed by atoms with Crippen LogP contribution in [0.5, 0.6) is 0 Å². The maximum atomic E-state index is 11.6. The SMILES string of the molecule is Cc1ccc(CN(C)C(=O)CCO)c(C)c1C. The first-order valence-electron chi connectivity index (χ1n) is 5.88. The highest BCUT2D eigenvalue weighted by atomic mass is 16.3. The monoisotopic (exact) mass is 235 g/mol. The summed E-state index contributed by atoms with van der Waals surface area (Å²) in [4.78, 5) is 13.2. The summed E-state index contributed by atoms with van der Waals surface area (Å²) in [6, 6.07) is 4.16. The standard InChI is InChI=1S/C14H21NO2/c1-10-5-6-13(12(3)11(10)2)9-15(4)14(17)7-8-16/h5-6,16H,7-9H2,1-4H3. The Bertz CT molecular complexity index is 413. The molecule has 0 saturated heterocycles. The second kappa shape index (κ2) is 5.82. The molecule has 0 aromatic heterocycles. The van der Waals surface area contributed by atoms with E-state index in [1.54, 1.807) is 11.9 Å². The second-order valence-corrected chi connectivity index (χ2v) is 4.51. The van der Waals surface area contributed by atoms with E-state index in [-0.39, 0.29) is 18.9 Å². The lowest BCUT2D eigenvalue weighted by molar-refractivity contribution is -0.131. The van der Waals surface area contributed by atoms with Crippen molar-refractivity contribution in [3.63, 3.8) is 0 Å². The Hall–Kier alpha value is -1.35. The van der Waals surface area contributed by atoms with Gasteiger partial charge in [-0.25, -0.2) is 0 Å². The van der Waals surface area contributed by atoms with Crippen LogP contribution in [0, 0.1) is 20.8 Å². The Morgan fingerprint density at radius 2 is 1.88 bits per heavy atom. The quantitative estimate of drug-likeness (QED) is 0.866. The molecule has 1 N–H and O–H groups in total. The zero-order chi connectivity index (χ0) is 13.0. The van der Waals surface area contributed by atoms with Crippen LogP contribution in [0.2, 0.25) is 0 Å². The Labute approximate surface area is 103 Å². The number of amides is 1. The molecule has 0 unspecified atom stereocenters. The Morgan fingerprint density at radius 3 is 2.47 bits per heavy atom. The number of aliphatic hydroxyl groups is 1. The van der Waals surface area contributed by atoms with Gasteiger partial charge in [0, 0.05) is 20.0 Å². The van der Waals surface area contributed by atoms with Crippen LogP contribution in [0.3, 0.4) is 0 Å². The number of benzene rings is 1. The molecule has 0 aliphatic rings. The van der Waals surface area contributed by atoms with Gasteiger partial charge in [0.15, 0.2) is 0 Å². The lowest BCUT2D eigenvalue weighted by Gasteiger charge is -2.19. The highest BCUT2D eigenvalue weighted by Gasteiger charge is 2.11. The maximum absolute atomic E-state index is 11.6. The molecule has 0 saturated carbocycles. The summed E-state index contributed by atoms with van der Waals surface area (Å²) < 4.78 is 0. The third-order valence-electron chi connectivity index (χ3n) is 3.33. The van der Waals surface area contributed by atoms with Gasteiger partial charge in [0.1, 0.15) is 0 Å². The van der Waals surface area contributed by atoms with E-state index in [4.69, 9.17) is 5.11 Å². The summed E-state index contributed by atoms with van der Waals surface area (Å²) in [6.45, 7) is 6.79. The third kappa shape index (κ3) is 3.30. The molecule has 17 heavy (non-hydrogen) atoms. The lowest BCUT2D eigenvalue weighted by Crippen LogP contribution is -2.27. The van der Waals surface area contributed by atoms with Crippen LogP contribution in [-0.2, 0) is 11.3 Å². The van der Waals surface area contributed by atoms with Gasteiger partial charge in [0.25, 0.3) is 0 Å². The minimum atomic E-state index is -0.0882. The first-order valence-corrected chi connectivity index (χ1v) is 5.88. The average Bonchev–Trinajstić information content (AvgIpc) is 2.30. The second-order valence-electron chi connectivity index (χ2n) is 4.51. The first-order chi connectivity index (χ1) is 7.97. The Kier molecular flexibility index (Phi) is 4.70. The van der Waals surface area contributed by atoms with Gasteiger partial charge in [-0.3, -0.25) is 4.79 Å². The molecule has 94 valence electrons. The summed E-state index contributed by atoms with van der Waals surface area (Å²) in [6.07, 6.45) is 0.195. The highest BCUT2D eigenvalue weighted by Crippen LogP contribution is 2.18. The van der Waals surface area contributed by atoms with Crippen molar-refractivity contribution in [2.75, 3.05) is 13.7 Å². The number of aryl methyl sites for hydroxylation is 1. The molecule has 0 spiro atoms. The van der Waals surface area contributed by atoms with Gasteiger partial charge < -0.3 is 10.0 Å².